The number of carbonyl (C=O) groups excluding carboxylic acids is 5. The molecule has 4 heterocycles. The van der Waals surface area contributed by atoms with Crippen LogP contribution in [-0.4, -0.2) is 122 Å². The lowest BCUT2D eigenvalue weighted by molar-refractivity contribution is -0.150. The topological polar surface area (TPSA) is 164 Å². The van der Waals surface area contributed by atoms with Crippen LogP contribution in [0.2, 0.25) is 0 Å². The molecule has 1 spiro atoms. The number of anilines is 1. The van der Waals surface area contributed by atoms with Gasteiger partial charge in [0.05, 0.1) is 38.1 Å². The molecular formula is C44H60N6O8. The minimum Gasteiger partial charge on any atom is -0.495 e. The van der Waals surface area contributed by atoms with Crippen molar-refractivity contribution in [2.24, 2.45) is 22.5 Å². The molecule has 7 rings (SSSR count). The molecule has 0 bridgehead atoms. The van der Waals surface area contributed by atoms with Crippen LogP contribution in [0.15, 0.2) is 48.5 Å². The second-order valence-corrected chi connectivity index (χ2v) is 18.0. The highest BCUT2D eigenvalue weighted by Crippen LogP contribution is 2.47. The predicted octanol–water partition coefficient (Wildman–Crippen LogP) is 4.51. The molecule has 314 valence electrons. The van der Waals surface area contributed by atoms with Gasteiger partial charge < -0.3 is 34.6 Å². The Morgan fingerprint density at radius 1 is 0.948 bits per heavy atom. The summed E-state index contributed by atoms with van der Waals surface area (Å²) in [6.45, 7) is 9.62. The number of piperidine rings is 1. The second-order valence-electron chi connectivity index (χ2n) is 18.0. The molecule has 1 saturated carbocycles. The molecule has 0 aromatic heterocycles. The summed E-state index contributed by atoms with van der Waals surface area (Å²) < 4.78 is 18.1. The molecule has 1 unspecified atom stereocenters. The minimum absolute atomic E-state index is 0.0752. The summed E-state index contributed by atoms with van der Waals surface area (Å²) in [6, 6.07) is 13.1. The van der Waals surface area contributed by atoms with Crippen LogP contribution < -0.4 is 20.7 Å². The molecule has 5 aliphatic rings. The number of hydrogen-bond donors (Lipinski definition) is 2. The van der Waals surface area contributed by atoms with Crippen LogP contribution in [0.25, 0.3) is 0 Å². The summed E-state index contributed by atoms with van der Waals surface area (Å²) in [5.41, 5.74) is 8.20. The summed E-state index contributed by atoms with van der Waals surface area (Å²) >= 11 is 0. The van der Waals surface area contributed by atoms with Crippen LogP contribution in [0.1, 0.15) is 94.2 Å². The van der Waals surface area contributed by atoms with Crippen molar-refractivity contribution in [3.63, 3.8) is 0 Å². The van der Waals surface area contributed by atoms with Crippen molar-refractivity contribution in [3.05, 3.63) is 59.7 Å². The van der Waals surface area contributed by atoms with Gasteiger partial charge in [0.1, 0.15) is 17.9 Å². The van der Waals surface area contributed by atoms with Crippen molar-refractivity contribution < 1.29 is 38.2 Å². The van der Waals surface area contributed by atoms with Crippen molar-refractivity contribution in [1.29, 1.82) is 0 Å². The fourth-order valence-electron chi connectivity index (χ4n) is 9.30. The molecule has 2 aromatic carbocycles. The number of hydrogen-bond acceptors (Lipinski definition) is 9. The Kier molecular flexibility index (Phi) is 12.5. The van der Waals surface area contributed by atoms with E-state index in [1.165, 1.54) is 12.0 Å². The van der Waals surface area contributed by atoms with Gasteiger partial charge in [-0.05, 0) is 79.0 Å². The number of nitrogens with two attached hydrogens (primary N) is 1. The zero-order valence-electron chi connectivity index (χ0n) is 34.5. The second kappa shape index (κ2) is 17.4. The van der Waals surface area contributed by atoms with Crippen LogP contribution >= 0.6 is 0 Å². The van der Waals surface area contributed by atoms with Crippen LogP contribution in [0.3, 0.4) is 0 Å². The van der Waals surface area contributed by atoms with Crippen molar-refractivity contribution in [2.75, 3.05) is 64.5 Å². The molecule has 4 atom stereocenters. The van der Waals surface area contributed by atoms with E-state index >= 15 is 0 Å². The van der Waals surface area contributed by atoms with E-state index in [1.807, 2.05) is 60.9 Å². The largest absolute Gasteiger partial charge is 0.495 e. The summed E-state index contributed by atoms with van der Waals surface area (Å²) in [4.78, 5) is 72.9. The van der Waals surface area contributed by atoms with Gasteiger partial charge in [-0.25, -0.2) is 4.79 Å². The highest BCUT2D eigenvalue weighted by molar-refractivity contribution is 6.07. The molecule has 4 saturated heterocycles. The van der Waals surface area contributed by atoms with Crippen LogP contribution in [0, 0.1) is 16.7 Å². The molecular weight excluding hydrogens is 741 g/mol. The van der Waals surface area contributed by atoms with E-state index in [1.54, 1.807) is 23.1 Å². The number of urea groups is 1. The Hall–Kier alpha value is -4.53. The Balaban J connectivity index is 0.921. The van der Waals surface area contributed by atoms with Gasteiger partial charge in [0.25, 0.3) is 5.91 Å². The number of imide groups is 1. The van der Waals surface area contributed by atoms with Crippen molar-refractivity contribution >= 4 is 35.3 Å². The monoisotopic (exact) mass is 800 g/mol. The fraction of sp³-hybridized carbons (Fsp3) is 0.614. The van der Waals surface area contributed by atoms with Gasteiger partial charge in [-0.3, -0.25) is 29.4 Å². The number of likely N-dealkylation sites (tertiary alicyclic amines) is 2. The molecule has 14 nitrogen and oxygen atoms in total. The number of benzene rings is 2. The van der Waals surface area contributed by atoms with Gasteiger partial charge in [0.2, 0.25) is 17.7 Å². The first-order valence-electron chi connectivity index (χ1n) is 21.0. The number of nitrogens with one attached hydrogen (secondary N) is 1. The fourth-order valence-corrected chi connectivity index (χ4v) is 9.30. The van der Waals surface area contributed by atoms with Crippen molar-refractivity contribution in [3.8, 4) is 5.75 Å². The average Bonchev–Trinajstić information content (AvgIpc) is 3.67. The number of morpholine rings is 1. The third kappa shape index (κ3) is 9.03. The standard InChI is InChI=1S/C44H60N6O8/c1-43(2,3)38(45)41(54)50-26-32(25-34(50)40(53)48-22-23-57-36(27-48)30-8-6-5-7-9-30)58-28-29-12-15-44(16-13-29)17-20-47(21-18-44)39(52)31-10-11-35(56-4)33(24-31)49-19-14-37(51)46-42(49)55/h5-11,24,29,32,34,36,38H,12-23,25-28,45H2,1-4H3,(H,46,51,55)/t32-,34?,36-,38+/m0/s1. The number of methoxy groups -OCH3 is 1. The summed E-state index contributed by atoms with van der Waals surface area (Å²) in [7, 11) is 1.51. The summed E-state index contributed by atoms with van der Waals surface area (Å²) in [5, 5.41) is 2.34. The molecule has 4 aliphatic heterocycles. The van der Waals surface area contributed by atoms with E-state index < -0.39 is 23.5 Å². The Labute approximate surface area is 341 Å². The lowest BCUT2D eigenvalue weighted by atomic mass is 9.65. The third-order valence-electron chi connectivity index (χ3n) is 13.2. The molecule has 2 aromatic rings. The van der Waals surface area contributed by atoms with E-state index in [2.05, 4.69) is 5.32 Å². The van der Waals surface area contributed by atoms with Gasteiger partial charge in [-0.2, -0.15) is 0 Å². The van der Waals surface area contributed by atoms with Gasteiger partial charge >= 0.3 is 6.03 Å². The molecule has 58 heavy (non-hydrogen) atoms. The zero-order valence-corrected chi connectivity index (χ0v) is 34.5. The first kappa shape index (κ1) is 41.6. The van der Waals surface area contributed by atoms with Gasteiger partial charge in [-0.15, -0.1) is 0 Å². The van der Waals surface area contributed by atoms with E-state index in [0.29, 0.717) is 75.3 Å². The van der Waals surface area contributed by atoms with Gasteiger partial charge in [0.15, 0.2) is 0 Å². The highest BCUT2D eigenvalue weighted by atomic mass is 16.5. The Morgan fingerprint density at radius 3 is 2.34 bits per heavy atom. The van der Waals surface area contributed by atoms with Crippen LogP contribution in [0.4, 0.5) is 10.5 Å². The van der Waals surface area contributed by atoms with E-state index in [0.717, 1.165) is 44.1 Å². The number of carbonyl (C=O) groups is 5. The quantitative estimate of drug-likeness (QED) is 0.372. The third-order valence-corrected chi connectivity index (χ3v) is 13.2. The maximum Gasteiger partial charge on any atom is 0.328 e. The molecule has 14 heteroatoms. The molecule has 6 amide bonds. The predicted molar refractivity (Wildman–Crippen MR) is 217 cm³/mol. The molecule has 3 N–H and O–H groups in total. The van der Waals surface area contributed by atoms with Crippen molar-refractivity contribution in [2.45, 2.75) is 96.4 Å². The zero-order chi connectivity index (χ0) is 41.2. The van der Waals surface area contributed by atoms with Gasteiger partial charge in [-0.1, -0.05) is 51.1 Å². The Morgan fingerprint density at radius 2 is 1.67 bits per heavy atom. The Bertz CT molecular complexity index is 1830. The smallest absolute Gasteiger partial charge is 0.328 e. The first-order valence-corrected chi connectivity index (χ1v) is 21.0. The van der Waals surface area contributed by atoms with E-state index in [-0.39, 0.29) is 54.2 Å². The number of amides is 6. The lowest BCUT2D eigenvalue weighted by Crippen LogP contribution is -2.56. The maximum absolute atomic E-state index is 14.2. The number of ether oxygens (including phenoxy) is 3. The molecule has 1 aliphatic carbocycles. The maximum atomic E-state index is 14.2. The number of nitrogens with zero attached hydrogens (tertiary/aromatic N) is 4. The lowest BCUT2D eigenvalue weighted by Gasteiger charge is -2.46. The van der Waals surface area contributed by atoms with E-state index in [9.17, 15) is 24.0 Å². The first-order chi connectivity index (χ1) is 27.7. The molecule has 5 fully saturated rings. The average molecular weight is 801 g/mol. The highest BCUT2D eigenvalue weighted by Gasteiger charge is 2.46. The molecule has 0 radical (unpaired) electrons. The minimum atomic E-state index is -0.746. The van der Waals surface area contributed by atoms with Crippen LogP contribution in [-0.2, 0) is 23.9 Å². The van der Waals surface area contributed by atoms with Gasteiger partial charge in [0, 0.05) is 57.7 Å². The normalized spacial score (nSPS) is 24.8. The summed E-state index contributed by atoms with van der Waals surface area (Å²) in [5.74, 6) is 0.148. The van der Waals surface area contributed by atoms with Crippen molar-refractivity contribution in [1.82, 2.24) is 20.0 Å². The van der Waals surface area contributed by atoms with Crippen LogP contribution in [0.5, 0.6) is 5.75 Å². The summed E-state index contributed by atoms with van der Waals surface area (Å²) in [6.07, 6.45) is 6.17. The number of rotatable bonds is 9. The van der Waals surface area contributed by atoms with E-state index in [4.69, 9.17) is 19.9 Å². The SMILES string of the molecule is COc1ccc(C(=O)N2CCC3(CCC(CO[C@H]4CC(C(=O)N5CCO[C@H](c6ccccc6)C5)N(C(=O)[C@@H](N)C(C)(C)C)C4)CC3)CC2)cc1N1CCC(=O)NC1=O.